The standard InChI is InChI=1S/C23H30F3N3O3/c1-3-29(18-8-10-22(15-30,11-9-18)19-14-27-12-13-28-19)20(31)16-4-6-17(7-5-16)21(2,32)23(24,25)26/h4-7,12,14,18,28,30,32H,3,8-11,13,15H2,1-2H3/t18?,21-,22?/m0/s1. The van der Waals surface area contributed by atoms with Crippen LogP contribution in [0.25, 0.3) is 0 Å². The molecule has 1 amide bonds. The van der Waals surface area contributed by atoms with Crippen molar-refractivity contribution in [3.05, 3.63) is 47.3 Å². The van der Waals surface area contributed by atoms with Crippen LogP contribution in [0.2, 0.25) is 0 Å². The minimum atomic E-state index is -4.82. The van der Waals surface area contributed by atoms with Crippen molar-refractivity contribution < 1.29 is 28.2 Å². The summed E-state index contributed by atoms with van der Waals surface area (Å²) in [5.74, 6) is -0.258. The molecule has 176 valence electrons. The SMILES string of the molecule is CCN(C(=O)c1ccc([C@](C)(O)C(F)(F)F)cc1)C1CCC(CO)(C2=CN=CCN2)CC1. The van der Waals surface area contributed by atoms with E-state index in [4.69, 9.17) is 0 Å². The largest absolute Gasteiger partial charge is 0.421 e. The first-order valence-corrected chi connectivity index (χ1v) is 10.8. The van der Waals surface area contributed by atoms with Gasteiger partial charge in [-0.1, -0.05) is 12.1 Å². The molecule has 0 radical (unpaired) electrons. The molecule has 1 heterocycles. The molecule has 0 spiro atoms. The fourth-order valence-electron chi connectivity index (χ4n) is 4.52. The Morgan fingerprint density at radius 2 is 1.88 bits per heavy atom. The first kappa shape index (κ1) is 24.3. The minimum Gasteiger partial charge on any atom is -0.395 e. The highest BCUT2D eigenvalue weighted by Crippen LogP contribution is 2.43. The monoisotopic (exact) mass is 453 g/mol. The molecule has 6 nitrogen and oxygen atoms in total. The first-order chi connectivity index (χ1) is 15.1. The smallest absolute Gasteiger partial charge is 0.395 e. The van der Waals surface area contributed by atoms with E-state index in [1.54, 1.807) is 17.3 Å². The number of rotatable bonds is 6. The lowest BCUT2D eigenvalue weighted by atomic mass is 9.70. The Kier molecular flexibility index (Phi) is 7.00. The number of nitrogens with zero attached hydrogens (tertiary/aromatic N) is 2. The average molecular weight is 454 g/mol. The van der Waals surface area contributed by atoms with E-state index < -0.39 is 17.2 Å². The second-order valence-electron chi connectivity index (χ2n) is 8.66. The van der Waals surface area contributed by atoms with Crippen molar-refractivity contribution in [2.45, 2.75) is 57.3 Å². The van der Waals surface area contributed by atoms with Crippen LogP contribution >= 0.6 is 0 Å². The van der Waals surface area contributed by atoms with Crippen molar-refractivity contribution in [3.8, 4) is 0 Å². The molecule has 0 unspecified atom stereocenters. The topological polar surface area (TPSA) is 85.2 Å². The maximum absolute atomic E-state index is 13.1. The Morgan fingerprint density at radius 1 is 1.25 bits per heavy atom. The lowest BCUT2D eigenvalue weighted by Gasteiger charge is -2.44. The summed E-state index contributed by atoms with van der Waals surface area (Å²) in [5, 5.41) is 23.2. The first-order valence-electron chi connectivity index (χ1n) is 10.8. The molecule has 1 fully saturated rings. The molecule has 3 rings (SSSR count). The van der Waals surface area contributed by atoms with Gasteiger partial charge in [0.05, 0.1) is 13.2 Å². The van der Waals surface area contributed by atoms with Gasteiger partial charge in [0.2, 0.25) is 0 Å². The molecule has 1 aliphatic heterocycles. The third kappa shape index (κ3) is 4.54. The minimum absolute atomic E-state index is 0.00522. The van der Waals surface area contributed by atoms with E-state index in [1.807, 2.05) is 6.92 Å². The fourth-order valence-corrected chi connectivity index (χ4v) is 4.52. The molecule has 32 heavy (non-hydrogen) atoms. The summed E-state index contributed by atoms with van der Waals surface area (Å²) >= 11 is 0. The number of carbonyl (C=O) groups is 1. The molecule has 1 aromatic rings. The third-order valence-corrected chi connectivity index (χ3v) is 6.77. The van der Waals surface area contributed by atoms with Crippen molar-refractivity contribution in [1.29, 1.82) is 0 Å². The maximum atomic E-state index is 13.1. The molecular formula is C23H30F3N3O3. The molecule has 9 heteroatoms. The van der Waals surface area contributed by atoms with Crippen molar-refractivity contribution in [1.82, 2.24) is 10.2 Å². The summed E-state index contributed by atoms with van der Waals surface area (Å²) in [7, 11) is 0. The van der Waals surface area contributed by atoms with E-state index >= 15 is 0 Å². The number of carbonyl (C=O) groups excluding carboxylic acids is 1. The van der Waals surface area contributed by atoms with Crippen LogP contribution in [-0.4, -0.2) is 59.1 Å². The van der Waals surface area contributed by atoms with Crippen molar-refractivity contribution in [3.63, 3.8) is 0 Å². The highest BCUT2D eigenvalue weighted by Gasteiger charge is 2.51. The van der Waals surface area contributed by atoms with Gasteiger partial charge in [-0.05, 0) is 57.2 Å². The Hall–Kier alpha value is -2.39. The Balaban J connectivity index is 1.72. The predicted octanol–water partition coefficient (Wildman–Crippen LogP) is 3.36. The number of amides is 1. The van der Waals surface area contributed by atoms with Gasteiger partial charge in [0.1, 0.15) is 0 Å². The fraction of sp³-hybridized carbons (Fsp3) is 0.565. The lowest BCUT2D eigenvalue weighted by molar-refractivity contribution is -0.258. The van der Waals surface area contributed by atoms with Gasteiger partial charge >= 0.3 is 6.18 Å². The molecule has 1 aromatic carbocycles. The van der Waals surface area contributed by atoms with Gasteiger partial charge in [-0.25, -0.2) is 0 Å². The quantitative estimate of drug-likeness (QED) is 0.617. The number of aliphatic imine (C=N–C) groups is 1. The van der Waals surface area contributed by atoms with E-state index in [0.717, 1.165) is 17.8 Å². The summed E-state index contributed by atoms with van der Waals surface area (Å²) < 4.78 is 39.2. The molecule has 1 saturated carbocycles. The zero-order valence-corrected chi connectivity index (χ0v) is 18.3. The van der Waals surface area contributed by atoms with Gasteiger partial charge in [0.25, 0.3) is 5.91 Å². The van der Waals surface area contributed by atoms with Crippen LogP contribution in [-0.2, 0) is 5.60 Å². The zero-order valence-electron chi connectivity index (χ0n) is 18.3. The van der Waals surface area contributed by atoms with Gasteiger partial charge in [-0.15, -0.1) is 0 Å². The number of nitrogens with one attached hydrogen (secondary N) is 1. The van der Waals surface area contributed by atoms with Crippen LogP contribution in [0, 0.1) is 5.41 Å². The van der Waals surface area contributed by atoms with E-state index in [1.165, 1.54) is 12.1 Å². The van der Waals surface area contributed by atoms with E-state index in [0.29, 0.717) is 45.7 Å². The number of aliphatic hydroxyl groups excluding tert-OH is 1. The molecule has 0 saturated heterocycles. The van der Waals surface area contributed by atoms with Gasteiger partial charge in [0, 0.05) is 41.7 Å². The van der Waals surface area contributed by atoms with Crippen molar-refractivity contribution >= 4 is 12.1 Å². The van der Waals surface area contributed by atoms with E-state index in [-0.39, 0.29) is 29.7 Å². The normalized spacial score (nSPS) is 25.5. The van der Waals surface area contributed by atoms with Gasteiger partial charge in [-0.2, -0.15) is 13.2 Å². The van der Waals surface area contributed by atoms with E-state index in [9.17, 15) is 28.2 Å². The van der Waals surface area contributed by atoms with Crippen LogP contribution in [0.5, 0.6) is 0 Å². The number of hydrogen-bond acceptors (Lipinski definition) is 5. The molecular weight excluding hydrogens is 423 g/mol. The summed E-state index contributed by atoms with van der Waals surface area (Å²) in [5.41, 5.74) is -2.50. The highest BCUT2D eigenvalue weighted by molar-refractivity contribution is 5.94. The summed E-state index contributed by atoms with van der Waals surface area (Å²) in [4.78, 5) is 19.0. The second-order valence-corrected chi connectivity index (χ2v) is 8.66. The van der Waals surface area contributed by atoms with Crippen LogP contribution in [0.15, 0.2) is 41.2 Å². The van der Waals surface area contributed by atoms with Gasteiger partial charge < -0.3 is 20.4 Å². The summed E-state index contributed by atoms with van der Waals surface area (Å²) in [6, 6.07) is 4.92. The summed E-state index contributed by atoms with van der Waals surface area (Å²) in [6.07, 6.45) is 1.48. The maximum Gasteiger partial charge on any atom is 0.421 e. The van der Waals surface area contributed by atoms with Crippen LogP contribution < -0.4 is 5.32 Å². The van der Waals surface area contributed by atoms with Crippen LogP contribution in [0.3, 0.4) is 0 Å². The number of halogens is 3. The number of hydrogen-bond donors (Lipinski definition) is 3. The lowest BCUT2D eigenvalue weighted by Crippen LogP contribution is -2.47. The molecule has 2 aliphatic rings. The predicted molar refractivity (Wildman–Crippen MR) is 115 cm³/mol. The second kappa shape index (κ2) is 9.23. The number of benzene rings is 1. The summed E-state index contributed by atoms with van der Waals surface area (Å²) in [6.45, 7) is 3.64. The van der Waals surface area contributed by atoms with Crippen molar-refractivity contribution in [2.75, 3.05) is 19.7 Å². The number of aliphatic hydroxyl groups is 2. The molecule has 1 atom stereocenters. The molecule has 0 bridgehead atoms. The van der Waals surface area contributed by atoms with E-state index in [2.05, 4.69) is 10.3 Å². The Morgan fingerprint density at radius 3 is 2.34 bits per heavy atom. The Labute approximate surface area is 185 Å². The third-order valence-electron chi connectivity index (χ3n) is 6.77. The van der Waals surface area contributed by atoms with Gasteiger partial charge in [0.15, 0.2) is 5.60 Å². The number of alkyl halides is 3. The van der Waals surface area contributed by atoms with Crippen LogP contribution in [0.1, 0.15) is 55.5 Å². The van der Waals surface area contributed by atoms with Crippen molar-refractivity contribution in [2.24, 2.45) is 10.4 Å². The zero-order chi connectivity index (χ0) is 23.6. The average Bonchev–Trinajstić information content (AvgIpc) is 2.80. The Bertz CT molecular complexity index is 871. The highest BCUT2D eigenvalue weighted by atomic mass is 19.4. The van der Waals surface area contributed by atoms with Gasteiger partial charge in [-0.3, -0.25) is 9.79 Å². The molecule has 3 N–H and O–H groups in total. The van der Waals surface area contributed by atoms with Crippen LogP contribution in [0.4, 0.5) is 13.2 Å². The molecule has 0 aromatic heterocycles. The molecule has 1 aliphatic carbocycles.